The van der Waals surface area contributed by atoms with Gasteiger partial charge in [-0.25, -0.2) is 0 Å². The minimum atomic E-state index is -0.558. The van der Waals surface area contributed by atoms with Crippen LogP contribution in [0.15, 0.2) is 36.4 Å². The zero-order valence-corrected chi connectivity index (χ0v) is 12.5. The van der Waals surface area contributed by atoms with Gasteiger partial charge in [-0.1, -0.05) is 6.07 Å². The van der Waals surface area contributed by atoms with Gasteiger partial charge in [-0.2, -0.15) is 0 Å². The molecule has 1 aliphatic heterocycles. The molecular weight excluding hydrogens is 314 g/mol. The minimum absolute atomic E-state index is 0.151. The number of amides is 3. The molecule has 0 fully saturated rings. The molecule has 0 atom stereocenters. The van der Waals surface area contributed by atoms with E-state index in [1.165, 1.54) is 43.3 Å². The molecule has 120 valence electrons. The average molecular weight is 325 g/mol. The van der Waals surface area contributed by atoms with Gasteiger partial charge in [0.15, 0.2) is 0 Å². The molecule has 1 aliphatic rings. The van der Waals surface area contributed by atoms with Gasteiger partial charge in [-0.15, -0.1) is 0 Å². The van der Waals surface area contributed by atoms with Crippen LogP contribution in [-0.2, 0) is 0 Å². The predicted octanol–water partition coefficient (Wildman–Crippen LogP) is 2.04. The molecule has 24 heavy (non-hydrogen) atoms. The number of imide groups is 1. The van der Waals surface area contributed by atoms with Gasteiger partial charge in [0, 0.05) is 22.9 Å². The Bertz CT molecular complexity index is 920. The standard InChI is InChI=1S/C16H11N3O5/c1-8-10(3-2-4-13(8)19(23)24)14(20)17-9-5-6-11-12(7-9)16(22)18-15(11)21/h2-7H,1H3,(H,17,20)(H,18,21,22). The summed E-state index contributed by atoms with van der Waals surface area (Å²) in [6, 6.07) is 8.53. The molecule has 0 saturated heterocycles. The van der Waals surface area contributed by atoms with E-state index in [4.69, 9.17) is 0 Å². The highest BCUT2D eigenvalue weighted by atomic mass is 16.6. The molecule has 0 radical (unpaired) electrons. The lowest BCUT2D eigenvalue weighted by Gasteiger charge is -2.08. The fraction of sp³-hybridized carbons (Fsp3) is 0.0625. The van der Waals surface area contributed by atoms with Crippen molar-refractivity contribution < 1.29 is 19.3 Å². The SMILES string of the molecule is Cc1c(C(=O)Nc2ccc3c(c2)C(=O)NC3=O)cccc1[N+](=O)[O-]. The third kappa shape index (κ3) is 2.50. The molecule has 3 amide bonds. The summed E-state index contributed by atoms with van der Waals surface area (Å²) in [6.45, 7) is 1.49. The molecule has 0 aliphatic carbocycles. The fourth-order valence-electron chi connectivity index (χ4n) is 2.51. The van der Waals surface area contributed by atoms with Gasteiger partial charge >= 0.3 is 0 Å². The summed E-state index contributed by atoms with van der Waals surface area (Å²) in [5, 5.41) is 15.7. The van der Waals surface area contributed by atoms with Crippen molar-refractivity contribution in [3.63, 3.8) is 0 Å². The number of anilines is 1. The number of nitrogens with zero attached hydrogens (tertiary/aromatic N) is 1. The van der Waals surface area contributed by atoms with Crippen LogP contribution in [0.5, 0.6) is 0 Å². The van der Waals surface area contributed by atoms with E-state index in [2.05, 4.69) is 10.6 Å². The molecular formula is C16H11N3O5. The Hall–Kier alpha value is -3.55. The normalized spacial score (nSPS) is 12.5. The summed E-state index contributed by atoms with van der Waals surface area (Å²) in [5.41, 5.74) is 0.980. The smallest absolute Gasteiger partial charge is 0.273 e. The number of carbonyl (C=O) groups is 3. The van der Waals surface area contributed by atoms with Crippen LogP contribution >= 0.6 is 0 Å². The summed E-state index contributed by atoms with van der Waals surface area (Å²) in [6.07, 6.45) is 0. The third-order valence-electron chi connectivity index (χ3n) is 3.74. The van der Waals surface area contributed by atoms with E-state index in [0.29, 0.717) is 5.69 Å². The maximum atomic E-state index is 12.4. The van der Waals surface area contributed by atoms with Gasteiger partial charge in [-0.3, -0.25) is 29.8 Å². The van der Waals surface area contributed by atoms with E-state index < -0.39 is 22.6 Å². The zero-order valence-electron chi connectivity index (χ0n) is 12.5. The van der Waals surface area contributed by atoms with Gasteiger partial charge in [0.25, 0.3) is 23.4 Å². The van der Waals surface area contributed by atoms with E-state index >= 15 is 0 Å². The highest BCUT2D eigenvalue weighted by Gasteiger charge is 2.27. The monoisotopic (exact) mass is 325 g/mol. The van der Waals surface area contributed by atoms with Crippen molar-refractivity contribution in [3.8, 4) is 0 Å². The van der Waals surface area contributed by atoms with Crippen molar-refractivity contribution in [2.45, 2.75) is 6.92 Å². The van der Waals surface area contributed by atoms with Crippen molar-refractivity contribution >= 4 is 29.1 Å². The summed E-state index contributed by atoms with van der Waals surface area (Å²) in [4.78, 5) is 45.9. The lowest BCUT2D eigenvalue weighted by Crippen LogP contribution is -2.19. The molecule has 1 heterocycles. The first-order valence-electron chi connectivity index (χ1n) is 6.93. The van der Waals surface area contributed by atoms with Crippen LogP contribution in [-0.4, -0.2) is 22.6 Å². The number of hydrogen-bond acceptors (Lipinski definition) is 5. The second-order valence-electron chi connectivity index (χ2n) is 5.20. The zero-order chi connectivity index (χ0) is 17.4. The summed E-state index contributed by atoms with van der Waals surface area (Å²) in [5.74, 6) is -1.55. The van der Waals surface area contributed by atoms with Crippen LogP contribution in [0, 0.1) is 17.0 Å². The molecule has 3 rings (SSSR count). The van der Waals surface area contributed by atoms with Crippen molar-refractivity contribution in [2.75, 3.05) is 5.32 Å². The van der Waals surface area contributed by atoms with Crippen molar-refractivity contribution in [1.82, 2.24) is 5.32 Å². The van der Waals surface area contributed by atoms with E-state index in [1.807, 2.05) is 0 Å². The molecule has 2 aromatic rings. The van der Waals surface area contributed by atoms with Gasteiger partial charge in [-0.05, 0) is 31.2 Å². The second kappa shape index (κ2) is 5.58. The lowest BCUT2D eigenvalue weighted by molar-refractivity contribution is -0.385. The highest BCUT2D eigenvalue weighted by Crippen LogP contribution is 2.24. The molecule has 8 nitrogen and oxygen atoms in total. The summed E-state index contributed by atoms with van der Waals surface area (Å²) in [7, 11) is 0. The number of benzene rings is 2. The Labute approximate surface area is 135 Å². The van der Waals surface area contributed by atoms with E-state index in [9.17, 15) is 24.5 Å². The number of fused-ring (bicyclic) bond motifs is 1. The maximum absolute atomic E-state index is 12.4. The Kier molecular flexibility index (Phi) is 3.57. The number of nitrogens with one attached hydrogen (secondary N) is 2. The van der Waals surface area contributed by atoms with Crippen LogP contribution in [0.4, 0.5) is 11.4 Å². The predicted molar refractivity (Wildman–Crippen MR) is 84.0 cm³/mol. The van der Waals surface area contributed by atoms with Gasteiger partial charge in [0.1, 0.15) is 0 Å². The van der Waals surface area contributed by atoms with Gasteiger partial charge < -0.3 is 5.32 Å². The first kappa shape index (κ1) is 15.3. The van der Waals surface area contributed by atoms with Crippen molar-refractivity contribution in [3.05, 3.63) is 68.8 Å². The van der Waals surface area contributed by atoms with Crippen molar-refractivity contribution in [1.29, 1.82) is 0 Å². The molecule has 0 saturated carbocycles. The van der Waals surface area contributed by atoms with Crippen LogP contribution < -0.4 is 10.6 Å². The number of rotatable bonds is 3. The van der Waals surface area contributed by atoms with E-state index in [1.54, 1.807) is 0 Å². The molecule has 0 aromatic heterocycles. The topological polar surface area (TPSA) is 118 Å². The number of nitro groups is 1. The number of hydrogen-bond donors (Lipinski definition) is 2. The summed E-state index contributed by atoms with van der Waals surface area (Å²) >= 11 is 0. The number of carbonyl (C=O) groups excluding carboxylic acids is 3. The van der Waals surface area contributed by atoms with Gasteiger partial charge in [0.05, 0.1) is 16.1 Å². The molecule has 2 aromatic carbocycles. The summed E-state index contributed by atoms with van der Waals surface area (Å²) < 4.78 is 0. The largest absolute Gasteiger partial charge is 0.322 e. The van der Waals surface area contributed by atoms with Crippen molar-refractivity contribution in [2.24, 2.45) is 0 Å². The third-order valence-corrected chi connectivity index (χ3v) is 3.74. The molecule has 0 unspecified atom stereocenters. The Morgan fingerprint density at radius 3 is 2.54 bits per heavy atom. The Morgan fingerprint density at radius 1 is 1.12 bits per heavy atom. The molecule has 0 bridgehead atoms. The minimum Gasteiger partial charge on any atom is -0.322 e. The number of nitro benzene ring substituents is 1. The van der Waals surface area contributed by atoms with Crippen LogP contribution in [0.1, 0.15) is 36.6 Å². The van der Waals surface area contributed by atoms with E-state index in [-0.39, 0.29) is 27.9 Å². The quantitative estimate of drug-likeness (QED) is 0.508. The Morgan fingerprint density at radius 2 is 1.83 bits per heavy atom. The highest BCUT2D eigenvalue weighted by molar-refractivity contribution is 6.22. The maximum Gasteiger partial charge on any atom is 0.273 e. The van der Waals surface area contributed by atoms with Crippen LogP contribution in [0.25, 0.3) is 0 Å². The lowest BCUT2D eigenvalue weighted by atomic mass is 10.1. The first-order chi connectivity index (χ1) is 11.4. The molecule has 2 N–H and O–H groups in total. The van der Waals surface area contributed by atoms with Gasteiger partial charge in [0.2, 0.25) is 0 Å². The fourth-order valence-corrected chi connectivity index (χ4v) is 2.51. The molecule has 0 spiro atoms. The molecule has 8 heteroatoms. The second-order valence-corrected chi connectivity index (χ2v) is 5.20. The van der Waals surface area contributed by atoms with Crippen LogP contribution in [0.2, 0.25) is 0 Å². The average Bonchev–Trinajstić information content (AvgIpc) is 2.81. The van der Waals surface area contributed by atoms with Crippen LogP contribution in [0.3, 0.4) is 0 Å². The first-order valence-corrected chi connectivity index (χ1v) is 6.93. The Balaban J connectivity index is 1.90. The van der Waals surface area contributed by atoms with E-state index in [0.717, 1.165) is 0 Å².